The highest BCUT2D eigenvalue weighted by Crippen LogP contribution is 2.25. The van der Waals surface area contributed by atoms with E-state index in [1.54, 1.807) is 6.92 Å². The van der Waals surface area contributed by atoms with Gasteiger partial charge in [-0.15, -0.1) is 0 Å². The van der Waals surface area contributed by atoms with E-state index in [-0.39, 0.29) is 29.4 Å². The van der Waals surface area contributed by atoms with Gasteiger partial charge in [0.1, 0.15) is 11.6 Å². The standard InChI is InChI=1S/C17H12F3N3O2/c1-2-25-17(24)14-9-13(11-7-6-10(18)8-12(11)19)22-23(14)16-5-3-4-15(20)21-16/h3-9H,2H2,1H3. The molecular weight excluding hydrogens is 335 g/mol. The van der Waals surface area contributed by atoms with Gasteiger partial charge in [-0.2, -0.15) is 9.49 Å². The molecular formula is C17H12F3N3O2. The minimum Gasteiger partial charge on any atom is -0.461 e. The van der Waals surface area contributed by atoms with Crippen LogP contribution in [0.15, 0.2) is 42.5 Å². The van der Waals surface area contributed by atoms with E-state index in [0.717, 1.165) is 16.8 Å². The molecule has 0 aliphatic heterocycles. The highest BCUT2D eigenvalue weighted by atomic mass is 19.1. The average molecular weight is 347 g/mol. The minimum absolute atomic E-state index is 0.0119. The molecule has 0 aliphatic carbocycles. The molecule has 2 heterocycles. The van der Waals surface area contributed by atoms with E-state index in [2.05, 4.69) is 10.1 Å². The second-order valence-electron chi connectivity index (χ2n) is 4.99. The van der Waals surface area contributed by atoms with E-state index in [1.165, 1.54) is 24.3 Å². The van der Waals surface area contributed by atoms with Gasteiger partial charge in [-0.05, 0) is 37.3 Å². The van der Waals surface area contributed by atoms with Gasteiger partial charge in [-0.25, -0.2) is 23.2 Å². The molecule has 3 aromatic rings. The first kappa shape index (κ1) is 16.7. The summed E-state index contributed by atoms with van der Waals surface area (Å²) in [5.41, 5.74) is -0.00705. The molecule has 0 fully saturated rings. The highest BCUT2D eigenvalue weighted by Gasteiger charge is 2.21. The molecule has 0 radical (unpaired) electrons. The van der Waals surface area contributed by atoms with Crippen molar-refractivity contribution in [3.8, 4) is 17.1 Å². The van der Waals surface area contributed by atoms with Crippen LogP contribution in [-0.2, 0) is 4.74 Å². The van der Waals surface area contributed by atoms with Crippen molar-refractivity contribution in [2.24, 2.45) is 0 Å². The van der Waals surface area contributed by atoms with Crippen LogP contribution in [0.3, 0.4) is 0 Å². The Morgan fingerprint density at radius 2 is 1.96 bits per heavy atom. The summed E-state index contributed by atoms with van der Waals surface area (Å²) in [5.74, 6) is -3.05. The Kier molecular flexibility index (Phi) is 4.51. The van der Waals surface area contributed by atoms with Crippen LogP contribution in [0, 0.1) is 17.6 Å². The lowest BCUT2D eigenvalue weighted by molar-refractivity contribution is 0.0515. The zero-order valence-corrected chi connectivity index (χ0v) is 13.0. The van der Waals surface area contributed by atoms with Crippen LogP contribution in [0.25, 0.3) is 17.1 Å². The van der Waals surface area contributed by atoms with E-state index in [4.69, 9.17) is 4.74 Å². The Morgan fingerprint density at radius 3 is 2.64 bits per heavy atom. The lowest BCUT2D eigenvalue weighted by Gasteiger charge is -2.05. The molecule has 1 aromatic carbocycles. The molecule has 0 spiro atoms. The van der Waals surface area contributed by atoms with E-state index in [1.807, 2.05) is 0 Å². The summed E-state index contributed by atoms with van der Waals surface area (Å²) in [5, 5.41) is 4.11. The number of carbonyl (C=O) groups is 1. The van der Waals surface area contributed by atoms with Gasteiger partial charge in [0.2, 0.25) is 5.95 Å². The summed E-state index contributed by atoms with van der Waals surface area (Å²) < 4.78 is 46.5. The van der Waals surface area contributed by atoms with Crippen LogP contribution in [0.4, 0.5) is 13.2 Å². The van der Waals surface area contributed by atoms with Gasteiger partial charge in [0.15, 0.2) is 11.5 Å². The zero-order valence-electron chi connectivity index (χ0n) is 13.0. The number of aromatic nitrogens is 3. The molecule has 25 heavy (non-hydrogen) atoms. The maximum Gasteiger partial charge on any atom is 0.357 e. The summed E-state index contributed by atoms with van der Waals surface area (Å²) in [6, 6.07) is 8.22. The molecule has 0 saturated heterocycles. The van der Waals surface area contributed by atoms with Crippen molar-refractivity contribution in [3.05, 3.63) is 65.7 Å². The Morgan fingerprint density at radius 1 is 1.16 bits per heavy atom. The molecule has 3 rings (SSSR count). The number of carbonyl (C=O) groups excluding carboxylic acids is 1. The summed E-state index contributed by atoms with van der Waals surface area (Å²) >= 11 is 0. The molecule has 0 saturated carbocycles. The summed E-state index contributed by atoms with van der Waals surface area (Å²) in [6.45, 7) is 1.74. The molecule has 0 amide bonds. The van der Waals surface area contributed by atoms with E-state index < -0.39 is 23.6 Å². The van der Waals surface area contributed by atoms with E-state index >= 15 is 0 Å². The fourth-order valence-corrected chi connectivity index (χ4v) is 2.25. The first-order chi connectivity index (χ1) is 12.0. The number of esters is 1. The van der Waals surface area contributed by atoms with Crippen molar-refractivity contribution in [3.63, 3.8) is 0 Å². The van der Waals surface area contributed by atoms with Crippen molar-refractivity contribution in [2.45, 2.75) is 6.92 Å². The number of pyridine rings is 1. The Hall–Kier alpha value is -3.16. The number of hydrogen-bond donors (Lipinski definition) is 0. The van der Waals surface area contributed by atoms with Crippen molar-refractivity contribution < 1.29 is 22.7 Å². The van der Waals surface area contributed by atoms with Gasteiger partial charge < -0.3 is 4.74 Å². The van der Waals surface area contributed by atoms with E-state index in [0.29, 0.717) is 6.07 Å². The molecule has 0 N–H and O–H groups in total. The third kappa shape index (κ3) is 3.37. The molecule has 0 aliphatic rings. The number of hydrogen-bond acceptors (Lipinski definition) is 4. The summed E-state index contributed by atoms with van der Waals surface area (Å²) in [7, 11) is 0. The number of nitrogens with zero attached hydrogens (tertiary/aromatic N) is 3. The number of rotatable bonds is 4. The minimum atomic E-state index is -0.840. The summed E-state index contributed by atoms with van der Waals surface area (Å²) in [4.78, 5) is 15.8. The number of benzene rings is 1. The molecule has 5 nitrogen and oxygen atoms in total. The van der Waals surface area contributed by atoms with E-state index in [9.17, 15) is 18.0 Å². The third-order valence-electron chi connectivity index (χ3n) is 3.32. The second-order valence-corrected chi connectivity index (χ2v) is 4.99. The normalized spacial score (nSPS) is 10.7. The van der Waals surface area contributed by atoms with Crippen LogP contribution in [0.5, 0.6) is 0 Å². The third-order valence-corrected chi connectivity index (χ3v) is 3.32. The highest BCUT2D eigenvalue weighted by molar-refractivity contribution is 5.89. The van der Waals surface area contributed by atoms with Gasteiger partial charge in [-0.1, -0.05) is 6.07 Å². The largest absolute Gasteiger partial charge is 0.461 e. The van der Waals surface area contributed by atoms with Gasteiger partial charge >= 0.3 is 5.97 Å². The predicted molar refractivity (Wildman–Crippen MR) is 82.6 cm³/mol. The van der Waals surface area contributed by atoms with Crippen LogP contribution in [0.2, 0.25) is 0 Å². The maximum absolute atomic E-state index is 14.0. The first-order valence-electron chi connectivity index (χ1n) is 7.35. The lowest BCUT2D eigenvalue weighted by atomic mass is 10.1. The fraction of sp³-hybridized carbons (Fsp3) is 0.118. The Balaban J connectivity index is 2.16. The van der Waals surface area contributed by atoms with Crippen molar-refractivity contribution in [1.29, 1.82) is 0 Å². The molecule has 0 unspecified atom stereocenters. The van der Waals surface area contributed by atoms with Gasteiger partial charge in [0, 0.05) is 11.6 Å². The zero-order chi connectivity index (χ0) is 18.0. The Labute approximate surface area is 140 Å². The van der Waals surface area contributed by atoms with Crippen LogP contribution in [0.1, 0.15) is 17.4 Å². The van der Waals surface area contributed by atoms with Crippen LogP contribution in [-0.4, -0.2) is 27.3 Å². The number of halogens is 3. The number of ether oxygens (including phenoxy) is 1. The average Bonchev–Trinajstić information content (AvgIpc) is 3.00. The topological polar surface area (TPSA) is 57.0 Å². The van der Waals surface area contributed by atoms with Crippen LogP contribution < -0.4 is 0 Å². The quantitative estimate of drug-likeness (QED) is 0.535. The Bertz CT molecular complexity index is 941. The van der Waals surface area contributed by atoms with Crippen molar-refractivity contribution in [2.75, 3.05) is 6.61 Å². The molecule has 2 aromatic heterocycles. The van der Waals surface area contributed by atoms with Crippen molar-refractivity contribution in [1.82, 2.24) is 14.8 Å². The van der Waals surface area contributed by atoms with Gasteiger partial charge in [-0.3, -0.25) is 0 Å². The first-order valence-corrected chi connectivity index (χ1v) is 7.35. The lowest BCUT2D eigenvalue weighted by Crippen LogP contribution is -2.13. The molecule has 128 valence electrons. The smallest absolute Gasteiger partial charge is 0.357 e. The molecule has 0 bridgehead atoms. The van der Waals surface area contributed by atoms with Crippen molar-refractivity contribution >= 4 is 5.97 Å². The monoisotopic (exact) mass is 347 g/mol. The summed E-state index contributed by atoms with van der Waals surface area (Å²) in [6.07, 6.45) is 0. The predicted octanol–water partition coefficient (Wildman–Crippen LogP) is 3.53. The second kappa shape index (κ2) is 6.76. The SMILES string of the molecule is CCOC(=O)c1cc(-c2ccc(F)cc2F)nn1-c1cccc(F)n1. The molecule has 8 heteroatoms. The maximum atomic E-state index is 14.0. The van der Waals surface area contributed by atoms with Crippen LogP contribution >= 0.6 is 0 Å². The fourth-order valence-electron chi connectivity index (χ4n) is 2.25. The van der Waals surface area contributed by atoms with Gasteiger partial charge in [0.05, 0.1) is 12.3 Å². The van der Waals surface area contributed by atoms with Gasteiger partial charge in [0.25, 0.3) is 0 Å². The molecule has 0 atom stereocenters.